The van der Waals surface area contributed by atoms with E-state index in [-0.39, 0.29) is 25.5 Å². The summed E-state index contributed by atoms with van der Waals surface area (Å²) < 4.78 is 47.7. The number of carboxylic acid groups (broad SMARTS) is 1. The molecular weight excluding hydrogens is 555 g/mol. The Morgan fingerprint density at radius 2 is 1.85 bits per heavy atom. The number of rotatable bonds is 5. The van der Waals surface area contributed by atoms with E-state index in [0.717, 1.165) is 14.8 Å². The molecule has 1 aliphatic heterocycles. The lowest BCUT2D eigenvalue weighted by molar-refractivity contribution is -0.160. The van der Waals surface area contributed by atoms with Crippen molar-refractivity contribution in [2.45, 2.75) is 58.7 Å². The van der Waals surface area contributed by atoms with E-state index in [0.29, 0.717) is 32.4 Å². The fourth-order valence-electron chi connectivity index (χ4n) is 4.69. The summed E-state index contributed by atoms with van der Waals surface area (Å²) in [6.45, 7) is 7.64. The minimum Gasteiger partial charge on any atom is -0.479 e. The summed E-state index contributed by atoms with van der Waals surface area (Å²) in [5, 5.41) is 18.4. The fraction of sp³-hybridized carbons (Fsp3) is 0.385. The Kier molecular flexibility index (Phi) is 6.84. The third-order valence-electron chi connectivity index (χ3n) is 6.28. The average Bonchev–Trinajstić information content (AvgIpc) is 3.45. The normalized spacial score (nSPS) is 15.0. The number of benzene rings is 2. The molecule has 8 nitrogen and oxygen atoms in total. The molecule has 2 aromatic heterocycles. The Morgan fingerprint density at radius 1 is 1.15 bits per heavy atom. The first-order valence-corrected chi connectivity index (χ1v) is 13.3. The molecule has 39 heavy (non-hydrogen) atoms. The van der Waals surface area contributed by atoms with E-state index in [1.165, 1.54) is 11.3 Å². The molecule has 0 bridgehead atoms. The molecule has 5 rings (SSSR count). The SMILES string of the molecule is Cc1cc2nc(N3CCn4c(nnc4C(F)(F)F)C3)sc2c(-c2ccc(Cl)cc2)c1[C@H](OC(C)(C)C)C(=O)O. The van der Waals surface area contributed by atoms with Gasteiger partial charge in [0.1, 0.15) is 0 Å². The standard InChI is InChI=1S/C26H25ClF3N5O3S/c1-13-11-16-21(39-24(31-16)34-9-10-35-17(12-34)32-33-23(35)26(28,29)30)19(14-5-7-15(27)8-6-14)18(13)20(22(36)37)38-25(2,3)4/h5-8,11,20H,9-10,12H2,1-4H3,(H,36,37)/t20-/m0/s1. The molecule has 1 N–H and O–H groups in total. The second-order valence-corrected chi connectivity index (χ2v) is 11.7. The Labute approximate surface area is 231 Å². The van der Waals surface area contributed by atoms with Crippen molar-refractivity contribution < 1.29 is 27.8 Å². The highest BCUT2D eigenvalue weighted by atomic mass is 35.5. The van der Waals surface area contributed by atoms with E-state index in [2.05, 4.69) is 10.2 Å². The molecule has 0 amide bonds. The predicted molar refractivity (Wildman–Crippen MR) is 142 cm³/mol. The van der Waals surface area contributed by atoms with Gasteiger partial charge >= 0.3 is 12.1 Å². The number of hydrogen-bond acceptors (Lipinski definition) is 7. The van der Waals surface area contributed by atoms with Gasteiger partial charge in [-0.3, -0.25) is 0 Å². The molecule has 0 unspecified atom stereocenters. The molecule has 3 heterocycles. The molecule has 0 saturated heterocycles. The maximum atomic E-state index is 13.3. The molecule has 1 atom stereocenters. The second-order valence-electron chi connectivity index (χ2n) is 10.3. The van der Waals surface area contributed by atoms with Crippen molar-refractivity contribution in [3.05, 3.63) is 58.1 Å². The largest absolute Gasteiger partial charge is 0.479 e. The van der Waals surface area contributed by atoms with Crippen LogP contribution in [0.1, 0.15) is 49.7 Å². The van der Waals surface area contributed by atoms with Gasteiger partial charge in [-0.1, -0.05) is 35.1 Å². The fourth-order valence-corrected chi connectivity index (χ4v) is 5.97. The Morgan fingerprint density at radius 3 is 2.46 bits per heavy atom. The van der Waals surface area contributed by atoms with Gasteiger partial charge in [0.25, 0.3) is 0 Å². The first-order valence-electron chi connectivity index (χ1n) is 12.1. The zero-order chi connectivity index (χ0) is 28.3. The highest BCUT2D eigenvalue weighted by Gasteiger charge is 2.40. The first kappa shape index (κ1) is 27.4. The number of aryl methyl sites for hydroxylation is 1. The zero-order valence-electron chi connectivity index (χ0n) is 21.5. The van der Waals surface area contributed by atoms with Crippen LogP contribution in [0.5, 0.6) is 0 Å². The number of hydrogen-bond donors (Lipinski definition) is 1. The van der Waals surface area contributed by atoms with E-state index in [4.69, 9.17) is 21.3 Å². The molecule has 0 aliphatic carbocycles. The number of carbonyl (C=O) groups is 1. The maximum Gasteiger partial charge on any atom is 0.451 e. The number of fused-ring (bicyclic) bond motifs is 2. The van der Waals surface area contributed by atoms with Crippen molar-refractivity contribution >= 4 is 44.3 Å². The second kappa shape index (κ2) is 9.76. The number of aliphatic carboxylic acids is 1. The molecule has 1 aliphatic rings. The topological polar surface area (TPSA) is 93.4 Å². The quantitative estimate of drug-likeness (QED) is 0.288. The predicted octanol–water partition coefficient (Wildman–Crippen LogP) is 6.50. The summed E-state index contributed by atoms with van der Waals surface area (Å²) in [4.78, 5) is 19.1. The van der Waals surface area contributed by atoms with Crippen LogP contribution in [0.15, 0.2) is 30.3 Å². The number of carboxylic acids is 1. The number of ether oxygens (including phenoxy) is 1. The van der Waals surface area contributed by atoms with Gasteiger partial charge in [-0.15, -0.1) is 10.2 Å². The Bertz CT molecular complexity index is 1560. The molecule has 2 aromatic carbocycles. The van der Waals surface area contributed by atoms with E-state index >= 15 is 0 Å². The van der Waals surface area contributed by atoms with E-state index in [1.54, 1.807) is 32.9 Å². The molecule has 13 heteroatoms. The number of halogens is 4. The van der Waals surface area contributed by atoms with Gasteiger partial charge in [-0.25, -0.2) is 9.78 Å². The average molecular weight is 580 g/mol. The van der Waals surface area contributed by atoms with Crippen LogP contribution in [0.2, 0.25) is 5.02 Å². The number of nitrogens with zero attached hydrogens (tertiary/aromatic N) is 5. The smallest absolute Gasteiger partial charge is 0.451 e. The van der Waals surface area contributed by atoms with Gasteiger partial charge < -0.3 is 19.3 Å². The zero-order valence-corrected chi connectivity index (χ0v) is 23.1. The molecular formula is C26H25ClF3N5O3S. The van der Waals surface area contributed by atoms with Crippen LogP contribution in [-0.4, -0.2) is 43.0 Å². The number of thiazole rings is 1. The molecule has 0 fully saturated rings. The molecule has 0 saturated carbocycles. The van der Waals surface area contributed by atoms with Crippen molar-refractivity contribution in [1.82, 2.24) is 19.7 Å². The molecule has 206 valence electrons. The molecule has 0 spiro atoms. The monoisotopic (exact) mass is 579 g/mol. The van der Waals surface area contributed by atoms with Crippen LogP contribution in [-0.2, 0) is 28.8 Å². The highest BCUT2D eigenvalue weighted by molar-refractivity contribution is 7.22. The number of anilines is 1. The lowest BCUT2D eigenvalue weighted by atomic mass is 9.91. The van der Waals surface area contributed by atoms with E-state index in [9.17, 15) is 23.1 Å². The van der Waals surface area contributed by atoms with E-state index < -0.39 is 29.7 Å². The van der Waals surface area contributed by atoms with Crippen LogP contribution < -0.4 is 4.90 Å². The minimum atomic E-state index is -4.58. The molecule has 0 radical (unpaired) electrons. The van der Waals surface area contributed by atoms with Crippen LogP contribution in [0.4, 0.5) is 18.3 Å². The minimum absolute atomic E-state index is 0.0575. The third kappa shape index (κ3) is 5.32. The van der Waals surface area contributed by atoms with Gasteiger partial charge in [0.15, 0.2) is 17.1 Å². The summed E-state index contributed by atoms with van der Waals surface area (Å²) in [5.41, 5.74) is 2.52. The summed E-state index contributed by atoms with van der Waals surface area (Å²) in [5.74, 6) is -1.93. The van der Waals surface area contributed by atoms with Crippen molar-refractivity contribution in [2.75, 3.05) is 11.4 Å². The van der Waals surface area contributed by atoms with Crippen LogP contribution >= 0.6 is 22.9 Å². The summed E-state index contributed by atoms with van der Waals surface area (Å²) in [6, 6.07) is 8.91. The summed E-state index contributed by atoms with van der Waals surface area (Å²) >= 11 is 7.49. The lowest BCUT2D eigenvalue weighted by Gasteiger charge is -2.28. The third-order valence-corrected chi connectivity index (χ3v) is 7.69. The van der Waals surface area contributed by atoms with Crippen LogP contribution in [0, 0.1) is 6.92 Å². The van der Waals surface area contributed by atoms with Crippen molar-refractivity contribution in [2.24, 2.45) is 0 Å². The van der Waals surface area contributed by atoms with E-state index in [1.807, 2.05) is 30.0 Å². The molecule has 4 aromatic rings. The number of aromatic nitrogens is 4. The van der Waals surface area contributed by atoms with Gasteiger partial charge in [-0.05, 0) is 57.0 Å². The summed E-state index contributed by atoms with van der Waals surface area (Å²) in [6.07, 6.45) is -5.83. The Balaban J connectivity index is 1.65. The van der Waals surface area contributed by atoms with Gasteiger partial charge in [0.05, 0.1) is 22.4 Å². The Hall–Kier alpha value is -3.22. The maximum absolute atomic E-state index is 13.3. The van der Waals surface area contributed by atoms with Crippen molar-refractivity contribution in [3.63, 3.8) is 0 Å². The van der Waals surface area contributed by atoms with Crippen molar-refractivity contribution in [1.29, 1.82) is 0 Å². The van der Waals surface area contributed by atoms with Gasteiger partial charge in [-0.2, -0.15) is 13.2 Å². The van der Waals surface area contributed by atoms with Crippen molar-refractivity contribution in [3.8, 4) is 11.1 Å². The van der Waals surface area contributed by atoms with Crippen LogP contribution in [0.3, 0.4) is 0 Å². The highest BCUT2D eigenvalue weighted by Crippen LogP contribution is 2.44. The number of alkyl halides is 3. The van der Waals surface area contributed by atoms with Crippen LogP contribution in [0.25, 0.3) is 21.3 Å². The van der Waals surface area contributed by atoms with Gasteiger partial charge in [0.2, 0.25) is 5.82 Å². The lowest BCUT2D eigenvalue weighted by Crippen LogP contribution is -2.35. The first-order chi connectivity index (χ1) is 18.2. The van der Waals surface area contributed by atoms with Gasteiger partial charge in [0, 0.05) is 29.2 Å². The summed E-state index contributed by atoms with van der Waals surface area (Å²) in [7, 11) is 0.